The van der Waals surface area contributed by atoms with Gasteiger partial charge in [-0.25, -0.2) is 4.79 Å². The number of carbonyl (C=O) groups is 4. The van der Waals surface area contributed by atoms with Crippen molar-refractivity contribution >= 4 is 35.3 Å². The zero-order valence-electron chi connectivity index (χ0n) is 31.6. The molecule has 3 saturated carbocycles. The molecule has 0 aromatic rings. The van der Waals surface area contributed by atoms with Crippen LogP contribution in [-0.4, -0.2) is 87.7 Å². The van der Waals surface area contributed by atoms with E-state index in [-0.39, 0.29) is 28.4 Å². The molecule has 4 aliphatic rings. The van der Waals surface area contributed by atoms with Crippen LogP contribution in [0.2, 0.25) is 0 Å². The number of Topliss-reactive ketones (excluding diaryl/α,β-unsaturated/α-hetero) is 2. The Balaban J connectivity index is 1.04. The van der Waals surface area contributed by atoms with Gasteiger partial charge in [0, 0.05) is 50.8 Å². The molecule has 2 N–H and O–H groups in total. The van der Waals surface area contributed by atoms with Gasteiger partial charge >= 0.3 is 6.09 Å². The van der Waals surface area contributed by atoms with Gasteiger partial charge in [0.2, 0.25) is 5.91 Å². The molecule has 0 aliphatic heterocycles. The molecule has 2 amide bonds. The first-order valence-corrected chi connectivity index (χ1v) is 20.1. The number of hydrogen-bond donors (Lipinski definition) is 2. The van der Waals surface area contributed by atoms with Crippen LogP contribution in [0.3, 0.4) is 0 Å². The number of ketones is 2. The van der Waals surface area contributed by atoms with Crippen LogP contribution in [-0.2, 0) is 33.3 Å². The van der Waals surface area contributed by atoms with E-state index >= 15 is 0 Å². The monoisotopic (exact) mass is 720 g/mol. The molecule has 4 rings (SSSR count). The van der Waals surface area contributed by atoms with Crippen molar-refractivity contribution in [1.82, 2.24) is 10.6 Å². The second kappa shape index (κ2) is 18.7. The van der Waals surface area contributed by atoms with E-state index in [2.05, 4.69) is 24.5 Å². The summed E-state index contributed by atoms with van der Waals surface area (Å²) >= 11 is 1.60. The highest BCUT2D eigenvalue weighted by Gasteiger charge is 2.60. The topological polar surface area (TPSA) is 129 Å². The van der Waals surface area contributed by atoms with Crippen LogP contribution < -0.4 is 10.6 Å². The van der Waals surface area contributed by atoms with Crippen molar-refractivity contribution in [3.8, 4) is 0 Å². The van der Waals surface area contributed by atoms with Crippen LogP contribution >= 0.6 is 11.8 Å². The summed E-state index contributed by atoms with van der Waals surface area (Å²) in [6, 6.07) is 0. The number of fused-ring (bicyclic) bond motifs is 5. The summed E-state index contributed by atoms with van der Waals surface area (Å²) < 4.78 is 21.8. The number of ether oxygens (including phenoxy) is 4. The summed E-state index contributed by atoms with van der Waals surface area (Å²) in [7, 11) is 0. The van der Waals surface area contributed by atoms with Gasteiger partial charge in [-0.2, -0.15) is 0 Å². The number of rotatable bonds is 19. The van der Waals surface area contributed by atoms with E-state index in [0.717, 1.165) is 49.9 Å². The number of hydrogen-bond acceptors (Lipinski definition) is 9. The molecule has 0 radical (unpaired) electrons. The van der Waals surface area contributed by atoms with Gasteiger partial charge in [-0.05, 0) is 120 Å². The van der Waals surface area contributed by atoms with Crippen molar-refractivity contribution in [2.24, 2.45) is 34.5 Å². The fourth-order valence-electron chi connectivity index (χ4n) is 9.46. The molecule has 284 valence electrons. The number of amides is 2. The normalized spacial score (nSPS) is 29.2. The van der Waals surface area contributed by atoms with Crippen molar-refractivity contribution in [2.75, 3.05) is 58.5 Å². The summed E-state index contributed by atoms with van der Waals surface area (Å²) in [5, 5.41) is 5.69. The van der Waals surface area contributed by atoms with E-state index in [1.165, 1.54) is 12.0 Å². The number of allylic oxidation sites excluding steroid dienone is 1. The zero-order chi connectivity index (χ0) is 36.4. The second-order valence-corrected chi connectivity index (χ2v) is 17.4. The Bertz CT molecular complexity index is 1220. The van der Waals surface area contributed by atoms with Gasteiger partial charge in [-0.1, -0.05) is 13.8 Å². The average Bonchev–Trinajstić information content (AvgIpc) is 3.41. The molecular weight excluding hydrogens is 657 g/mol. The maximum absolute atomic E-state index is 13.2. The molecule has 0 aromatic heterocycles. The third-order valence-corrected chi connectivity index (χ3v) is 13.0. The first-order chi connectivity index (χ1) is 23.8. The van der Waals surface area contributed by atoms with Crippen LogP contribution in [0.1, 0.15) is 112 Å². The second-order valence-electron chi connectivity index (χ2n) is 16.3. The Labute approximate surface area is 304 Å². The van der Waals surface area contributed by atoms with Crippen molar-refractivity contribution in [3.63, 3.8) is 0 Å². The fraction of sp³-hybridized carbons (Fsp3) is 0.846. The molecule has 6 atom stereocenters. The Hall–Kier alpha value is -1.95. The van der Waals surface area contributed by atoms with Gasteiger partial charge in [-0.3, -0.25) is 14.4 Å². The average molecular weight is 721 g/mol. The van der Waals surface area contributed by atoms with Crippen LogP contribution in [0.5, 0.6) is 0 Å². The van der Waals surface area contributed by atoms with Gasteiger partial charge in [0.1, 0.15) is 11.4 Å². The zero-order valence-corrected chi connectivity index (χ0v) is 32.4. The highest BCUT2D eigenvalue weighted by Crippen LogP contribution is 2.67. The number of nitrogens with one attached hydrogen (secondary N) is 2. The lowest BCUT2D eigenvalue weighted by atomic mass is 9.46. The summed E-state index contributed by atoms with van der Waals surface area (Å²) in [6.45, 7) is 16.1. The lowest BCUT2D eigenvalue weighted by molar-refractivity contribution is -0.128. The summed E-state index contributed by atoms with van der Waals surface area (Å²) in [5.74, 6) is 3.32. The molecule has 0 aromatic carbocycles. The molecular formula is C39H64N2O8S. The number of carbonyl (C=O) groups excluding carboxylic acids is 4. The van der Waals surface area contributed by atoms with Gasteiger partial charge in [0.15, 0.2) is 5.78 Å². The highest BCUT2D eigenvalue weighted by atomic mass is 32.2. The fourth-order valence-corrected chi connectivity index (χ4v) is 10.7. The molecule has 4 unspecified atom stereocenters. The van der Waals surface area contributed by atoms with E-state index in [1.54, 1.807) is 18.7 Å². The van der Waals surface area contributed by atoms with Crippen molar-refractivity contribution in [3.05, 3.63) is 10.5 Å². The predicted octanol–water partition coefficient (Wildman–Crippen LogP) is 6.65. The van der Waals surface area contributed by atoms with Gasteiger partial charge in [0.05, 0.1) is 31.3 Å². The lowest BCUT2D eigenvalue weighted by Crippen LogP contribution is -2.51. The predicted molar refractivity (Wildman–Crippen MR) is 196 cm³/mol. The summed E-state index contributed by atoms with van der Waals surface area (Å²) in [6.07, 6.45) is 9.52. The van der Waals surface area contributed by atoms with Gasteiger partial charge in [-0.15, -0.1) is 11.8 Å². The minimum atomic E-state index is -0.503. The van der Waals surface area contributed by atoms with Crippen molar-refractivity contribution in [1.29, 1.82) is 0 Å². The Kier molecular flexibility index (Phi) is 15.3. The standard InChI is InChI=1S/C39H64N2O8S/c1-27(42)29-11-12-30-28-9-10-32-35(33(43)14-17-39(32,6)31(28)13-16-38(29,30)5)50-26-15-34(44)40-18-7-20-46-22-24-48-25-23-47-21-8-19-41-36(45)49-37(2,3)4/h28-31H,7-26H2,1-6H3,(H,40,44)(H,41,45)/t28?,29?,30?,31?,38-,39-/m1/s1. The molecule has 10 nitrogen and oxygen atoms in total. The maximum Gasteiger partial charge on any atom is 0.407 e. The maximum atomic E-state index is 13.2. The molecule has 11 heteroatoms. The van der Waals surface area contributed by atoms with Crippen molar-refractivity contribution < 1.29 is 38.1 Å². The Morgan fingerprint density at radius 2 is 1.46 bits per heavy atom. The summed E-state index contributed by atoms with van der Waals surface area (Å²) in [5.41, 5.74) is 1.06. The van der Waals surface area contributed by atoms with Crippen LogP contribution in [0, 0.1) is 34.5 Å². The quantitative estimate of drug-likeness (QED) is 0.141. The van der Waals surface area contributed by atoms with Gasteiger partial charge < -0.3 is 29.6 Å². The lowest BCUT2D eigenvalue weighted by Gasteiger charge is -2.58. The largest absolute Gasteiger partial charge is 0.444 e. The highest BCUT2D eigenvalue weighted by molar-refractivity contribution is 8.04. The van der Waals surface area contributed by atoms with E-state index in [1.807, 2.05) is 20.8 Å². The van der Waals surface area contributed by atoms with Crippen LogP contribution in [0.15, 0.2) is 10.5 Å². The van der Waals surface area contributed by atoms with E-state index in [4.69, 9.17) is 18.9 Å². The minimum absolute atomic E-state index is 0.00890. The molecule has 0 bridgehead atoms. The summed E-state index contributed by atoms with van der Waals surface area (Å²) in [4.78, 5) is 50.8. The molecule has 50 heavy (non-hydrogen) atoms. The minimum Gasteiger partial charge on any atom is -0.444 e. The van der Waals surface area contributed by atoms with E-state index < -0.39 is 11.7 Å². The molecule has 0 heterocycles. The van der Waals surface area contributed by atoms with Crippen molar-refractivity contribution in [2.45, 2.75) is 118 Å². The van der Waals surface area contributed by atoms with E-state index in [9.17, 15) is 19.2 Å². The third kappa shape index (κ3) is 10.8. The Morgan fingerprint density at radius 1 is 0.820 bits per heavy atom. The SMILES string of the molecule is CC(=O)C1CCC2C3CCC4=C(SCCC(=O)NCCCOCCOCCOCCCNC(=O)OC(C)(C)C)C(=O)CC[C@]4(C)C3CC[C@]12C. The van der Waals surface area contributed by atoms with Gasteiger partial charge in [0.25, 0.3) is 0 Å². The molecule has 0 spiro atoms. The molecule has 0 saturated heterocycles. The van der Waals surface area contributed by atoms with Crippen LogP contribution in [0.25, 0.3) is 0 Å². The molecule has 4 aliphatic carbocycles. The number of alkyl carbamates (subject to hydrolysis) is 1. The number of thioether (sulfide) groups is 1. The third-order valence-electron chi connectivity index (χ3n) is 11.8. The Morgan fingerprint density at radius 3 is 2.10 bits per heavy atom. The first kappa shape index (κ1) is 40.8. The van der Waals surface area contributed by atoms with Crippen LogP contribution in [0.4, 0.5) is 4.79 Å². The molecule has 3 fully saturated rings. The smallest absolute Gasteiger partial charge is 0.407 e. The van der Waals surface area contributed by atoms with E-state index in [0.29, 0.717) is 101 Å². The first-order valence-electron chi connectivity index (χ1n) is 19.1.